The Kier molecular flexibility index (Phi) is 3.45. The molecule has 2 fully saturated rings. The summed E-state index contributed by atoms with van der Waals surface area (Å²) >= 11 is 0. The molecule has 1 atom stereocenters. The molecule has 2 aliphatic rings. The first-order chi connectivity index (χ1) is 6.79. The van der Waals surface area contributed by atoms with Crippen LogP contribution in [0.25, 0.3) is 0 Å². The molecule has 0 aliphatic carbocycles. The SMILES string of the molecule is CC1(CCN2CCCC2)CCCCN1. The number of piperidine rings is 1. The fraction of sp³-hybridized carbons (Fsp3) is 1.00. The van der Waals surface area contributed by atoms with Crippen LogP contribution in [0.5, 0.6) is 0 Å². The van der Waals surface area contributed by atoms with E-state index >= 15 is 0 Å². The first kappa shape index (κ1) is 10.4. The van der Waals surface area contributed by atoms with E-state index in [1.54, 1.807) is 0 Å². The molecule has 0 amide bonds. The molecule has 1 N–H and O–H groups in total. The van der Waals surface area contributed by atoms with Crippen molar-refractivity contribution in [2.45, 2.75) is 51.0 Å². The largest absolute Gasteiger partial charge is 0.311 e. The molecule has 0 radical (unpaired) electrons. The average Bonchev–Trinajstić information content (AvgIpc) is 2.69. The molecule has 1 unspecified atom stereocenters. The number of hydrogen-bond donors (Lipinski definition) is 1. The van der Waals surface area contributed by atoms with E-state index in [0.29, 0.717) is 5.54 Å². The van der Waals surface area contributed by atoms with Gasteiger partial charge in [0.25, 0.3) is 0 Å². The Morgan fingerprint density at radius 2 is 1.93 bits per heavy atom. The maximum Gasteiger partial charge on any atom is 0.0165 e. The van der Waals surface area contributed by atoms with E-state index in [0.717, 1.165) is 0 Å². The van der Waals surface area contributed by atoms with Crippen molar-refractivity contribution in [3.63, 3.8) is 0 Å². The van der Waals surface area contributed by atoms with Gasteiger partial charge >= 0.3 is 0 Å². The molecule has 14 heavy (non-hydrogen) atoms. The van der Waals surface area contributed by atoms with Gasteiger partial charge in [-0.3, -0.25) is 0 Å². The zero-order chi connectivity index (χ0) is 9.86. The van der Waals surface area contributed by atoms with Crippen LogP contribution in [0.1, 0.15) is 45.4 Å². The lowest BCUT2D eigenvalue weighted by Crippen LogP contribution is -2.47. The predicted molar refractivity (Wildman–Crippen MR) is 60.5 cm³/mol. The van der Waals surface area contributed by atoms with Crippen molar-refractivity contribution in [3.8, 4) is 0 Å². The van der Waals surface area contributed by atoms with Gasteiger partial charge in [-0.2, -0.15) is 0 Å². The predicted octanol–water partition coefficient (Wildman–Crippen LogP) is 2.00. The lowest BCUT2D eigenvalue weighted by Gasteiger charge is -2.36. The Labute approximate surface area is 88.1 Å². The summed E-state index contributed by atoms with van der Waals surface area (Å²) in [5, 5.41) is 3.69. The summed E-state index contributed by atoms with van der Waals surface area (Å²) in [5.74, 6) is 0. The minimum absolute atomic E-state index is 0.445. The Morgan fingerprint density at radius 3 is 2.57 bits per heavy atom. The molecular weight excluding hydrogens is 172 g/mol. The quantitative estimate of drug-likeness (QED) is 0.743. The van der Waals surface area contributed by atoms with Crippen molar-refractivity contribution >= 4 is 0 Å². The van der Waals surface area contributed by atoms with Crippen LogP contribution in [0.4, 0.5) is 0 Å². The minimum atomic E-state index is 0.445. The topological polar surface area (TPSA) is 15.3 Å². The van der Waals surface area contributed by atoms with Gasteiger partial charge in [-0.25, -0.2) is 0 Å². The molecule has 2 heterocycles. The summed E-state index contributed by atoms with van der Waals surface area (Å²) in [6, 6.07) is 0. The average molecular weight is 196 g/mol. The van der Waals surface area contributed by atoms with E-state index < -0.39 is 0 Å². The summed E-state index contributed by atoms with van der Waals surface area (Å²) < 4.78 is 0. The molecule has 2 rings (SSSR count). The van der Waals surface area contributed by atoms with E-state index in [2.05, 4.69) is 17.1 Å². The summed E-state index contributed by atoms with van der Waals surface area (Å²) in [6.45, 7) is 7.63. The van der Waals surface area contributed by atoms with Crippen molar-refractivity contribution < 1.29 is 0 Å². The van der Waals surface area contributed by atoms with Crippen molar-refractivity contribution in [1.82, 2.24) is 10.2 Å². The zero-order valence-corrected chi connectivity index (χ0v) is 9.52. The van der Waals surface area contributed by atoms with Crippen molar-refractivity contribution in [3.05, 3.63) is 0 Å². The highest BCUT2D eigenvalue weighted by atomic mass is 15.1. The first-order valence-electron chi connectivity index (χ1n) is 6.26. The second kappa shape index (κ2) is 4.63. The lowest BCUT2D eigenvalue weighted by atomic mass is 9.88. The van der Waals surface area contributed by atoms with Crippen molar-refractivity contribution in [2.24, 2.45) is 0 Å². The maximum absolute atomic E-state index is 3.69. The standard InChI is InChI=1S/C12H24N2/c1-12(6-2-3-8-13-12)7-11-14-9-4-5-10-14/h13H,2-11H2,1H3. The molecule has 0 aromatic rings. The first-order valence-corrected chi connectivity index (χ1v) is 6.26. The van der Waals surface area contributed by atoms with Crippen molar-refractivity contribution in [2.75, 3.05) is 26.2 Å². The molecule has 2 nitrogen and oxygen atoms in total. The van der Waals surface area contributed by atoms with E-state index in [1.165, 1.54) is 64.7 Å². The van der Waals surface area contributed by atoms with Crippen LogP contribution in [0, 0.1) is 0 Å². The van der Waals surface area contributed by atoms with Crippen LogP contribution in [0.15, 0.2) is 0 Å². The van der Waals surface area contributed by atoms with Crippen LogP contribution in [-0.2, 0) is 0 Å². The fourth-order valence-corrected chi connectivity index (χ4v) is 2.74. The normalized spacial score (nSPS) is 34.9. The van der Waals surface area contributed by atoms with Crippen LogP contribution < -0.4 is 5.32 Å². The van der Waals surface area contributed by atoms with Crippen molar-refractivity contribution in [1.29, 1.82) is 0 Å². The number of rotatable bonds is 3. The van der Waals surface area contributed by atoms with Crippen LogP contribution in [-0.4, -0.2) is 36.6 Å². The van der Waals surface area contributed by atoms with Crippen LogP contribution in [0.3, 0.4) is 0 Å². The van der Waals surface area contributed by atoms with Gasteiger partial charge in [-0.05, 0) is 65.2 Å². The van der Waals surface area contributed by atoms with Gasteiger partial charge in [-0.15, -0.1) is 0 Å². The summed E-state index contributed by atoms with van der Waals surface area (Å²) in [6.07, 6.45) is 8.35. The third-order valence-electron chi connectivity index (χ3n) is 3.89. The second-order valence-electron chi connectivity index (χ2n) is 5.24. The van der Waals surface area contributed by atoms with Gasteiger partial charge < -0.3 is 10.2 Å². The molecule has 2 aliphatic heterocycles. The molecule has 82 valence electrons. The highest BCUT2D eigenvalue weighted by Crippen LogP contribution is 2.23. The number of nitrogens with one attached hydrogen (secondary N) is 1. The number of hydrogen-bond acceptors (Lipinski definition) is 2. The summed E-state index contributed by atoms with van der Waals surface area (Å²) in [4.78, 5) is 2.63. The molecule has 0 aromatic heterocycles. The molecule has 2 saturated heterocycles. The number of likely N-dealkylation sites (tertiary alicyclic amines) is 1. The van der Waals surface area contributed by atoms with E-state index in [1.807, 2.05) is 0 Å². The van der Waals surface area contributed by atoms with Gasteiger partial charge in [0.15, 0.2) is 0 Å². The highest BCUT2D eigenvalue weighted by Gasteiger charge is 2.26. The highest BCUT2D eigenvalue weighted by molar-refractivity contribution is 4.87. The monoisotopic (exact) mass is 196 g/mol. The summed E-state index contributed by atoms with van der Waals surface area (Å²) in [5.41, 5.74) is 0.445. The number of nitrogens with zero attached hydrogens (tertiary/aromatic N) is 1. The minimum Gasteiger partial charge on any atom is -0.311 e. The van der Waals surface area contributed by atoms with Gasteiger partial charge in [0.1, 0.15) is 0 Å². The fourth-order valence-electron chi connectivity index (χ4n) is 2.74. The third-order valence-corrected chi connectivity index (χ3v) is 3.89. The van der Waals surface area contributed by atoms with Gasteiger partial charge in [0, 0.05) is 5.54 Å². The second-order valence-corrected chi connectivity index (χ2v) is 5.24. The summed E-state index contributed by atoms with van der Waals surface area (Å²) in [7, 11) is 0. The van der Waals surface area contributed by atoms with Crippen LogP contribution in [0.2, 0.25) is 0 Å². The Hall–Kier alpha value is -0.0800. The van der Waals surface area contributed by atoms with Gasteiger partial charge in [0.2, 0.25) is 0 Å². The molecule has 0 spiro atoms. The molecule has 2 heteroatoms. The Balaban J connectivity index is 1.72. The smallest absolute Gasteiger partial charge is 0.0165 e. The van der Waals surface area contributed by atoms with Crippen LogP contribution >= 0.6 is 0 Å². The Bertz CT molecular complexity index is 167. The van der Waals surface area contributed by atoms with E-state index in [-0.39, 0.29) is 0 Å². The molecule has 0 aromatic carbocycles. The molecular formula is C12H24N2. The maximum atomic E-state index is 3.69. The Morgan fingerprint density at radius 1 is 1.14 bits per heavy atom. The lowest BCUT2D eigenvalue weighted by molar-refractivity contribution is 0.219. The van der Waals surface area contributed by atoms with Gasteiger partial charge in [-0.1, -0.05) is 6.42 Å². The third kappa shape index (κ3) is 2.71. The van der Waals surface area contributed by atoms with E-state index in [9.17, 15) is 0 Å². The zero-order valence-electron chi connectivity index (χ0n) is 9.52. The molecule has 0 bridgehead atoms. The van der Waals surface area contributed by atoms with Gasteiger partial charge in [0.05, 0.1) is 0 Å². The molecule has 0 saturated carbocycles. The van der Waals surface area contributed by atoms with E-state index in [4.69, 9.17) is 0 Å².